The Bertz CT molecular complexity index is 878. The summed E-state index contributed by atoms with van der Waals surface area (Å²) in [5.74, 6) is -0.596. The summed E-state index contributed by atoms with van der Waals surface area (Å²) >= 11 is 0. The van der Waals surface area contributed by atoms with E-state index in [1.807, 2.05) is 0 Å². The van der Waals surface area contributed by atoms with Crippen LogP contribution in [0.1, 0.15) is 271 Å². The minimum Gasteiger partial charge on any atom is -0.394 e. The molecule has 0 radical (unpaired) electrons. The van der Waals surface area contributed by atoms with Gasteiger partial charge in [-0.3, -0.25) is 4.79 Å². The molecule has 58 heavy (non-hydrogen) atoms. The molecule has 0 aromatic rings. The number of aliphatic hydroxyl groups excluding tert-OH is 4. The molecule has 0 saturated carbocycles. The Balaban J connectivity index is 3.65. The van der Waals surface area contributed by atoms with Gasteiger partial charge in [-0.1, -0.05) is 244 Å². The highest BCUT2D eigenvalue weighted by atomic mass is 16.3. The van der Waals surface area contributed by atoms with Crippen LogP contribution in [0, 0.1) is 0 Å². The number of aliphatic hydroxyl groups is 4. The van der Waals surface area contributed by atoms with Gasteiger partial charge in [-0.15, -0.1) is 0 Å². The van der Waals surface area contributed by atoms with Crippen LogP contribution < -0.4 is 5.32 Å². The van der Waals surface area contributed by atoms with Gasteiger partial charge in [0.2, 0.25) is 5.91 Å². The molecule has 0 aliphatic carbocycles. The highest BCUT2D eigenvalue weighted by molar-refractivity contribution is 5.80. The number of amides is 1. The predicted molar refractivity (Wildman–Crippen MR) is 251 cm³/mol. The molecule has 0 aliphatic heterocycles. The molecule has 0 aliphatic rings. The topological polar surface area (TPSA) is 110 Å². The SMILES string of the molecule is CCCCCCCCCCCCCCCCCCCCCCC/C=C/CC/C=C/CCCC(O)C(O)C(CO)NC(=O)C(O)CCCCCCCCCCCCCC. The van der Waals surface area contributed by atoms with Gasteiger partial charge in [-0.05, 0) is 51.4 Å². The number of carbonyl (C=O) groups excluding carboxylic acids is 1. The molecule has 0 bridgehead atoms. The fraction of sp³-hybridized carbons (Fsp3) is 0.904. The Morgan fingerprint density at radius 1 is 0.414 bits per heavy atom. The first kappa shape index (κ1) is 56.8. The fourth-order valence-corrected chi connectivity index (χ4v) is 8.07. The lowest BCUT2D eigenvalue weighted by Crippen LogP contribution is -2.53. The van der Waals surface area contributed by atoms with E-state index in [0.717, 1.165) is 38.5 Å². The van der Waals surface area contributed by atoms with Crippen molar-refractivity contribution in [3.8, 4) is 0 Å². The van der Waals surface area contributed by atoms with Gasteiger partial charge >= 0.3 is 0 Å². The van der Waals surface area contributed by atoms with Crippen molar-refractivity contribution < 1.29 is 25.2 Å². The average Bonchev–Trinajstić information content (AvgIpc) is 3.23. The summed E-state index contributed by atoms with van der Waals surface area (Å²) in [6.07, 6.45) is 55.4. The number of hydrogen-bond acceptors (Lipinski definition) is 5. The normalized spacial score (nSPS) is 14.1. The lowest BCUT2D eigenvalue weighted by molar-refractivity contribution is -0.132. The highest BCUT2D eigenvalue weighted by Gasteiger charge is 2.28. The molecule has 0 spiro atoms. The Morgan fingerprint density at radius 3 is 1.09 bits per heavy atom. The standard InChI is InChI=1S/C52H101NO5/c1-3-5-7-9-11-13-15-17-18-19-20-21-22-23-24-25-26-27-28-29-30-31-32-33-34-36-37-39-41-43-45-49(55)51(57)48(47-54)53-52(58)50(56)46-44-42-40-38-35-16-14-12-10-8-6-4-2/h32-33,37,39,48-51,54-57H,3-31,34-36,38,40-47H2,1-2H3,(H,53,58)/b33-32+,39-37+. The Morgan fingerprint density at radius 2 is 0.724 bits per heavy atom. The molecule has 0 fully saturated rings. The van der Waals surface area contributed by atoms with Crippen molar-refractivity contribution in [1.82, 2.24) is 5.32 Å². The van der Waals surface area contributed by atoms with Gasteiger partial charge < -0.3 is 25.7 Å². The van der Waals surface area contributed by atoms with Crippen molar-refractivity contribution >= 4 is 5.91 Å². The molecule has 6 heteroatoms. The van der Waals surface area contributed by atoms with Gasteiger partial charge in [0, 0.05) is 0 Å². The first-order valence-electron chi connectivity index (χ1n) is 25.7. The van der Waals surface area contributed by atoms with Crippen molar-refractivity contribution in [3.63, 3.8) is 0 Å². The van der Waals surface area contributed by atoms with Gasteiger partial charge in [0.1, 0.15) is 12.2 Å². The van der Waals surface area contributed by atoms with Crippen LogP contribution >= 0.6 is 0 Å². The summed E-state index contributed by atoms with van der Waals surface area (Å²) in [6.45, 7) is 4.04. The van der Waals surface area contributed by atoms with Crippen LogP contribution in [0.4, 0.5) is 0 Å². The first-order chi connectivity index (χ1) is 28.5. The van der Waals surface area contributed by atoms with Crippen LogP contribution in [0.25, 0.3) is 0 Å². The number of allylic oxidation sites excluding steroid dienone is 4. The summed E-state index contributed by atoms with van der Waals surface area (Å²) in [7, 11) is 0. The summed E-state index contributed by atoms with van der Waals surface area (Å²) in [4.78, 5) is 12.5. The second-order valence-electron chi connectivity index (χ2n) is 17.9. The van der Waals surface area contributed by atoms with E-state index in [1.54, 1.807) is 0 Å². The van der Waals surface area contributed by atoms with E-state index in [2.05, 4.69) is 43.5 Å². The number of hydrogen-bond donors (Lipinski definition) is 5. The largest absolute Gasteiger partial charge is 0.394 e. The van der Waals surface area contributed by atoms with Crippen LogP contribution in [-0.2, 0) is 4.79 Å². The first-order valence-corrected chi connectivity index (χ1v) is 25.7. The Labute approximate surface area is 361 Å². The van der Waals surface area contributed by atoms with E-state index in [-0.39, 0.29) is 0 Å². The van der Waals surface area contributed by atoms with Crippen LogP contribution in [-0.4, -0.2) is 57.3 Å². The van der Waals surface area contributed by atoms with Gasteiger partial charge in [0.15, 0.2) is 0 Å². The molecule has 344 valence electrons. The van der Waals surface area contributed by atoms with E-state index >= 15 is 0 Å². The van der Waals surface area contributed by atoms with Gasteiger partial charge in [-0.2, -0.15) is 0 Å². The minimum atomic E-state index is -1.29. The molecule has 4 atom stereocenters. The molecular weight excluding hydrogens is 719 g/mol. The number of unbranched alkanes of at least 4 members (excludes halogenated alkanes) is 34. The second kappa shape index (κ2) is 46.8. The lowest BCUT2D eigenvalue weighted by Gasteiger charge is -2.27. The van der Waals surface area contributed by atoms with Crippen molar-refractivity contribution in [3.05, 3.63) is 24.3 Å². The van der Waals surface area contributed by atoms with Crippen LogP contribution in [0.3, 0.4) is 0 Å². The molecule has 0 saturated heterocycles. The highest BCUT2D eigenvalue weighted by Crippen LogP contribution is 2.17. The van der Waals surface area contributed by atoms with Gasteiger partial charge in [0.05, 0.1) is 18.8 Å². The fourth-order valence-electron chi connectivity index (χ4n) is 8.07. The number of carbonyl (C=O) groups is 1. The van der Waals surface area contributed by atoms with Crippen molar-refractivity contribution in [2.45, 2.75) is 295 Å². The lowest BCUT2D eigenvalue weighted by atomic mass is 10.00. The molecule has 1 amide bonds. The molecule has 0 heterocycles. The van der Waals surface area contributed by atoms with E-state index < -0.39 is 36.9 Å². The van der Waals surface area contributed by atoms with E-state index in [0.29, 0.717) is 19.3 Å². The summed E-state index contributed by atoms with van der Waals surface area (Å²) < 4.78 is 0. The molecule has 0 rings (SSSR count). The predicted octanol–water partition coefficient (Wildman–Crippen LogP) is 14.3. The second-order valence-corrected chi connectivity index (χ2v) is 17.9. The molecule has 0 aromatic carbocycles. The zero-order chi connectivity index (χ0) is 42.4. The van der Waals surface area contributed by atoms with Crippen LogP contribution in [0.15, 0.2) is 24.3 Å². The zero-order valence-electron chi connectivity index (χ0n) is 38.8. The molecule has 4 unspecified atom stereocenters. The molecule has 5 N–H and O–H groups in total. The average molecular weight is 820 g/mol. The summed E-state index contributed by atoms with van der Waals surface area (Å²) in [5.41, 5.74) is 0. The monoisotopic (exact) mass is 820 g/mol. The maximum Gasteiger partial charge on any atom is 0.249 e. The Kier molecular flexibility index (Phi) is 45.9. The van der Waals surface area contributed by atoms with Crippen molar-refractivity contribution in [2.75, 3.05) is 6.61 Å². The molecule has 6 nitrogen and oxygen atoms in total. The third kappa shape index (κ3) is 40.2. The van der Waals surface area contributed by atoms with E-state index in [9.17, 15) is 25.2 Å². The van der Waals surface area contributed by atoms with E-state index in [4.69, 9.17) is 0 Å². The summed E-state index contributed by atoms with van der Waals surface area (Å²) in [5, 5.41) is 43.7. The third-order valence-electron chi connectivity index (χ3n) is 12.1. The molecular formula is C52H101NO5. The van der Waals surface area contributed by atoms with E-state index in [1.165, 1.54) is 199 Å². The van der Waals surface area contributed by atoms with Crippen molar-refractivity contribution in [1.29, 1.82) is 0 Å². The maximum absolute atomic E-state index is 12.5. The third-order valence-corrected chi connectivity index (χ3v) is 12.1. The summed E-state index contributed by atoms with van der Waals surface area (Å²) in [6, 6.07) is -1.00. The maximum atomic E-state index is 12.5. The van der Waals surface area contributed by atoms with Crippen molar-refractivity contribution in [2.24, 2.45) is 0 Å². The minimum absolute atomic E-state index is 0.363. The smallest absolute Gasteiger partial charge is 0.249 e. The quantitative estimate of drug-likeness (QED) is 0.0310. The van der Waals surface area contributed by atoms with Gasteiger partial charge in [-0.25, -0.2) is 0 Å². The van der Waals surface area contributed by atoms with Crippen LogP contribution in [0.5, 0.6) is 0 Å². The van der Waals surface area contributed by atoms with Crippen LogP contribution in [0.2, 0.25) is 0 Å². The van der Waals surface area contributed by atoms with Gasteiger partial charge in [0.25, 0.3) is 0 Å². The zero-order valence-corrected chi connectivity index (χ0v) is 38.8. The Hall–Kier alpha value is -1.21. The number of nitrogens with one attached hydrogen (secondary N) is 1. The molecule has 0 aromatic heterocycles. The number of rotatable bonds is 47.